The molecule has 0 aliphatic rings. The molecule has 12 heavy (non-hydrogen) atoms. The third kappa shape index (κ3) is 0.983. The average Bonchev–Trinajstić information content (AvgIpc) is 2.48. The van der Waals surface area contributed by atoms with Gasteiger partial charge in [-0.15, -0.1) is 0 Å². The Morgan fingerprint density at radius 1 is 1.50 bits per heavy atom. The van der Waals surface area contributed by atoms with E-state index in [-0.39, 0.29) is 0 Å². The topological polar surface area (TPSA) is 43.3 Å². The highest BCUT2D eigenvalue weighted by atomic mass is 35.5. The van der Waals surface area contributed by atoms with Crippen LogP contribution in [0.2, 0.25) is 5.28 Å². The molecule has 0 aromatic carbocycles. The molecule has 0 radical (unpaired) electrons. The summed E-state index contributed by atoms with van der Waals surface area (Å²) in [6.45, 7) is 0.466. The Hall–Kier alpha value is -1.06. The molecule has 62 valence electrons. The van der Waals surface area contributed by atoms with Crippen molar-refractivity contribution in [2.45, 2.75) is 6.54 Å². The van der Waals surface area contributed by atoms with Gasteiger partial charge in [0.05, 0.1) is 11.7 Å². The predicted molar refractivity (Wildman–Crippen MR) is 48.1 cm³/mol. The average molecular weight is 182 g/mol. The van der Waals surface area contributed by atoms with Crippen molar-refractivity contribution in [1.82, 2.24) is 9.38 Å². The van der Waals surface area contributed by atoms with Crippen LogP contribution in [0.15, 0.2) is 24.4 Å². The van der Waals surface area contributed by atoms with Gasteiger partial charge in [-0.25, -0.2) is 4.98 Å². The van der Waals surface area contributed by atoms with Crippen molar-refractivity contribution in [3.63, 3.8) is 0 Å². The van der Waals surface area contributed by atoms with Crippen molar-refractivity contribution in [1.29, 1.82) is 0 Å². The number of nitrogens with zero attached hydrogens (tertiary/aromatic N) is 2. The molecule has 0 amide bonds. The van der Waals surface area contributed by atoms with Crippen LogP contribution in [0.4, 0.5) is 0 Å². The molecule has 0 fully saturated rings. The minimum atomic E-state index is 0.464. The van der Waals surface area contributed by atoms with Gasteiger partial charge < -0.3 is 5.73 Å². The zero-order valence-corrected chi connectivity index (χ0v) is 7.12. The van der Waals surface area contributed by atoms with E-state index in [9.17, 15) is 0 Å². The van der Waals surface area contributed by atoms with Crippen LogP contribution in [0, 0.1) is 0 Å². The van der Waals surface area contributed by atoms with Gasteiger partial charge in [-0.3, -0.25) is 4.40 Å². The smallest absolute Gasteiger partial charge is 0.207 e. The van der Waals surface area contributed by atoms with E-state index in [1.54, 1.807) is 6.20 Å². The Balaban J connectivity index is 2.84. The molecule has 2 aromatic rings. The summed E-state index contributed by atoms with van der Waals surface area (Å²) >= 11 is 5.85. The van der Waals surface area contributed by atoms with Crippen molar-refractivity contribution in [2.75, 3.05) is 0 Å². The zero-order valence-electron chi connectivity index (χ0n) is 6.37. The molecule has 0 saturated heterocycles. The number of hydrogen-bond acceptors (Lipinski definition) is 2. The summed E-state index contributed by atoms with van der Waals surface area (Å²) in [5, 5.41) is 0.464. The van der Waals surface area contributed by atoms with Crippen LogP contribution < -0.4 is 5.73 Å². The Kier molecular flexibility index (Phi) is 1.75. The summed E-state index contributed by atoms with van der Waals surface area (Å²) in [5.41, 5.74) is 7.48. The van der Waals surface area contributed by atoms with Crippen LogP contribution >= 0.6 is 11.6 Å². The second-order valence-electron chi connectivity index (χ2n) is 2.51. The standard InChI is InChI=1S/C8H8ClN3/c9-8-11-5-7-3-1-2-6(4-10)12(7)8/h1-3,5H,4,10H2. The van der Waals surface area contributed by atoms with E-state index in [1.165, 1.54) is 0 Å². The lowest BCUT2D eigenvalue weighted by Crippen LogP contribution is -2.03. The fraction of sp³-hybridized carbons (Fsp3) is 0.125. The van der Waals surface area contributed by atoms with Gasteiger partial charge in [-0.1, -0.05) is 6.07 Å². The zero-order chi connectivity index (χ0) is 8.55. The van der Waals surface area contributed by atoms with Crippen molar-refractivity contribution in [3.05, 3.63) is 35.4 Å². The molecule has 0 aliphatic carbocycles. The van der Waals surface area contributed by atoms with E-state index >= 15 is 0 Å². The number of hydrogen-bond donors (Lipinski definition) is 1. The van der Waals surface area contributed by atoms with Gasteiger partial charge in [0.15, 0.2) is 0 Å². The summed E-state index contributed by atoms with van der Waals surface area (Å²) in [6.07, 6.45) is 1.72. The molecular formula is C8H8ClN3. The maximum atomic E-state index is 5.85. The van der Waals surface area contributed by atoms with E-state index < -0.39 is 0 Å². The third-order valence-corrected chi connectivity index (χ3v) is 2.06. The van der Waals surface area contributed by atoms with E-state index in [0.29, 0.717) is 11.8 Å². The van der Waals surface area contributed by atoms with Crippen molar-refractivity contribution in [3.8, 4) is 0 Å². The normalized spacial score (nSPS) is 10.8. The highest BCUT2D eigenvalue weighted by Gasteiger charge is 2.02. The molecule has 0 saturated carbocycles. The number of fused-ring (bicyclic) bond motifs is 1. The van der Waals surface area contributed by atoms with Crippen LogP contribution in [0.25, 0.3) is 5.52 Å². The molecule has 0 spiro atoms. The fourth-order valence-corrected chi connectivity index (χ4v) is 1.49. The van der Waals surface area contributed by atoms with Crippen LogP contribution in [-0.2, 0) is 6.54 Å². The van der Waals surface area contributed by atoms with Gasteiger partial charge in [0, 0.05) is 12.2 Å². The lowest BCUT2D eigenvalue weighted by atomic mass is 10.3. The Morgan fingerprint density at radius 2 is 2.33 bits per heavy atom. The molecule has 2 rings (SSSR count). The lowest BCUT2D eigenvalue weighted by molar-refractivity contribution is 0.941. The molecule has 2 N–H and O–H groups in total. The molecule has 0 unspecified atom stereocenters. The molecule has 2 heterocycles. The maximum Gasteiger partial charge on any atom is 0.207 e. The number of imidazole rings is 1. The summed E-state index contributed by atoms with van der Waals surface area (Å²) in [4.78, 5) is 3.98. The van der Waals surface area contributed by atoms with Gasteiger partial charge in [-0.2, -0.15) is 0 Å². The number of pyridine rings is 1. The summed E-state index contributed by atoms with van der Waals surface area (Å²) in [7, 11) is 0. The van der Waals surface area contributed by atoms with Crippen LogP contribution in [0.1, 0.15) is 5.69 Å². The fourth-order valence-electron chi connectivity index (χ4n) is 1.23. The van der Waals surface area contributed by atoms with Gasteiger partial charge in [0.25, 0.3) is 0 Å². The van der Waals surface area contributed by atoms with Gasteiger partial charge in [0.2, 0.25) is 5.28 Å². The van der Waals surface area contributed by atoms with Crippen LogP contribution in [0.5, 0.6) is 0 Å². The first-order valence-electron chi connectivity index (χ1n) is 3.64. The monoisotopic (exact) mass is 181 g/mol. The predicted octanol–water partition coefficient (Wildman–Crippen LogP) is 1.45. The number of rotatable bonds is 1. The summed E-state index contributed by atoms with van der Waals surface area (Å²) in [6, 6.07) is 5.81. The molecule has 0 bridgehead atoms. The molecule has 0 atom stereocenters. The molecular weight excluding hydrogens is 174 g/mol. The van der Waals surface area contributed by atoms with Crippen molar-refractivity contribution in [2.24, 2.45) is 5.73 Å². The quantitative estimate of drug-likeness (QED) is 0.724. The minimum absolute atomic E-state index is 0.464. The Labute approximate surface area is 74.8 Å². The first-order chi connectivity index (χ1) is 5.83. The van der Waals surface area contributed by atoms with Gasteiger partial charge in [0.1, 0.15) is 0 Å². The largest absolute Gasteiger partial charge is 0.325 e. The van der Waals surface area contributed by atoms with Crippen molar-refractivity contribution >= 4 is 17.1 Å². The molecule has 0 aliphatic heterocycles. The SMILES string of the molecule is NCc1cccc2cnc(Cl)n12. The Morgan fingerprint density at radius 3 is 3.08 bits per heavy atom. The van der Waals surface area contributed by atoms with E-state index in [4.69, 9.17) is 17.3 Å². The lowest BCUT2D eigenvalue weighted by Gasteiger charge is -2.01. The second-order valence-corrected chi connectivity index (χ2v) is 2.85. The second kappa shape index (κ2) is 2.77. The highest BCUT2D eigenvalue weighted by molar-refractivity contribution is 6.28. The Bertz CT molecular complexity index is 408. The molecule has 3 nitrogen and oxygen atoms in total. The van der Waals surface area contributed by atoms with Gasteiger partial charge >= 0.3 is 0 Å². The van der Waals surface area contributed by atoms with E-state index in [2.05, 4.69) is 4.98 Å². The number of nitrogens with two attached hydrogens (primary N) is 1. The first-order valence-corrected chi connectivity index (χ1v) is 4.01. The molecule has 2 aromatic heterocycles. The van der Waals surface area contributed by atoms with Gasteiger partial charge in [-0.05, 0) is 23.7 Å². The summed E-state index contributed by atoms with van der Waals surface area (Å²) < 4.78 is 1.83. The van der Waals surface area contributed by atoms with Crippen LogP contribution in [0.3, 0.4) is 0 Å². The van der Waals surface area contributed by atoms with E-state index in [0.717, 1.165) is 11.2 Å². The highest BCUT2D eigenvalue weighted by Crippen LogP contribution is 2.13. The first kappa shape index (κ1) is 7.58. The minimum Gasteiger partial charge on any atom is -0.325 e. The van der Waals surface area contributed by atoms with Crippen LogP contribution in [-0.4, -0.2) is 9.38 Å². The molecule has 4 heteroatoms. The maximum absolute atomic E-state index is 5.85. The van der Waals surface area contributed by atoms with E-state index in [1.807, 2.05) is 22.6 Å². The number of aromatic nitrogens is 2. The number of halogens is 1. The summed E-state index contributed by atoms with van der Waals surface area (Å²) in [5.74, 6) is 0. The third-order valence-electron chi connectivity index (χ3n) is 1.80. The van der Waals surface area contributed by atoms with Crippen molar-refractivity contribution < 1.29 is 0 Å².